The summed E-state index contributed by atoms with van der Waals surface area (Å²) in [5.41, 5.74) is 1.10. The fraction of sp³-hybridized carbons (Fsp3) is 0.625. The van der Waals surface area contributed by atoms with Crippen LogP contribution in [0.15, 0.2) is 22.7 Å². The van der Waals surface area contributed by atoms with E-state index in [1.54, 1.807) is 7.11 Å². The largest absolute Gasteiger partial charge is 0.493 e. The number of hydrogen-bond donors (Lipinski definition) is 1. The first kappa shape index (κ1) is 17.5. The van der Waals surface area contributed by atoms with E-state index in [0.29, 0.717) is 12.6 Å². The summed E-state index contributed by atoms with van der Waals surface area (Å²) in [7, 11) is 1.73. The average molecular weight is 344 g/mol. The zero-order chi connectivity index (χ0) is 15.2. The first-order chi connectivity index (χ1) is 9.39. The van der Waals surface area contributed by atoms with E-state index in [-0.39, 0.29) is 5.60 Å². The number of methoxy groups -OCH3 is 1. The molecule has 0 bridgehead atoms. The smallest absolute Gasteiger partial charge is 0.120 e. The van der Waals surface area contributed by atoms with E-state index in [4.69, 9.17) is 9.47 Å². The molecule has 0 heterocycles. The molecule has 20 heavy (non-hydrogen) atoms. The van der Waals surface area contributed by atoms with Gasteiger partial charge in [-0.25, -0.2) is 0 Å². The van der Waals surface area contributed by atoms with Gasteiger partial charge in [-0.2, -0.15) is 0 Å². The van der Waals surface area contributed by atoms with Crippen molar-refractivity contribution in [3.63, 3.8) is 0 Å². The molecule has 1 aromatic carbocycles. The predicted octanol–water partition coefficient (Wildman–Crippen LogP) is 4.31. The topological polar surface area (TPSA) is 30.5 Å². The highest BCUT2D eigenvalue weighted by Crippen LogP contribution is 2.28. The second kappa shape index (κ2) is 8.01. The quantitative estimate of drug-likeness (QED) is 0.762. The summed E-state index contributed by atoms with van der Waals surface area (Å²) in [6.45, 7) is 10.00. The summed E-state index contributed by atoms with van der Waals surface area (Å²) < 4.78 is 12.2. The average Bonchev–Trinajstić information content (AvgIpc) is 2.39. The maximum absolute atomic E-state index is 5.79. The van der Waals surface area contributed by atoms with E-state index in [2.05, 4.69) is 55.0 Å². The van der Waals surface area contributed by atoms with Crippen LogP contribution in [-0.2, 0) is 4.74 Å². The van der Waals surface area contributed by atoms with Crippen LogP contribution >= 0.6 is 15.9 Å². The summed E-state index contributed by atoms with van der Waals surface area (Å²) >= 11 is 3.62. The summed E-state index contributed by atoms with van der Waals surface area (Å²) in [6, 6.07) is 6.49. The Morgan fingerprint density at radius 1 is 1.35 bits per heavy atom. The van der Waals surface area contributed by atoms with E-state index in [1.807, 2.05) is 12.1 Å². The Hall–Kier alpha value is -0.580. The van der Waals surface area contributed by atoms with Crippen molar-refractivity contribution in [2.75, 3.05) is 20.3 Å². The minimum absolute atomic E-state index is 0.142. The van der Waals surface area contributed by atoms with E-state index < -0.39 is 0 Å². The standard InChI is InChI=1S/C16H26BrNO2/c1-6-18-12(2)14-8-7-13(11-15(14)17)20-10-9-16(3,4)19-5/h7-8,11-12,18H,6,9-10H2,1-5H3. The molecule has 1 atom stereocenters. The Balaban J connectivity index is 2.59. The van der Waals surface area contributed by atoms with Crippen molar-refractivity contribution in [1.29, 1.82) is 0 Å². The molecule has 1 aromatic rings. The number of rotatable bonds is 8. The van der Waals surface area contributed by atoms with Crippen molar-refractivity contribution < 1.29 is 9.47 Å². The Morgan fingerprint density at radius 2 is 2.05 bits per heavy atom. The number of benzene rings is 1. The van der Waals surface area contributed by atoms with Crippen LogP contribution in [0, 0.1) is 0 Å². The molecular formula is C16H26BrNO2. The monoisotopic (exact) mass is 343 g/mol. The van der Waals surface area contributed by atoms with Crippen LogP contribution in [0.2, 0.25) is 0 Å². The van der Waals surface area contributed by atoms with Crippen molar-refractivity contribution in [3.05, 3.63) is 28.2 Å². The van der Waals surface area contributed by atoms with Gasteiger partial charge in [-0.3, -0.25) is 0 Å². The molecule has 4 heteroatoms. The molecular weight excluding hydrogens is 318 g/mol. The minimum Gasteiger partial charge on any atom is -0.493 e. The molecule has 0 saturated carbocycles. The van der Waals surface area contributed by atoms with Gasteiger partial charge in [0, 0.05) is 24.0 Å². The van der Waals surface area contributed by atoms with Crippen LogP contribution in [0.4, 0.5) is 0 Å². The predicted molar refractivity (Wildman–Crippen MR) is 87.4 cm³/mol. The fourth-order valence-corrected chi connectivity index (χ4v) is 2.58. The number of hydrogen-bond acceptors (Lipinski definition) is 3. The maximum Gasteiger partial charge on any atom is 0.120 e. The van der Waals surface area contributed by atoms with Crippen molar-refractivity contribution in [2.45, 2.75) is 45.8 Å². The molecule has 114 valence electrons. The first-order valence-electron chi connectivity index (χ1n) is 7.10. The Kier molecular flexibility index (Phi) is 7.00. The summed E-state index contributed by atoms with van der Waals surface area (Å²) in [5.74, 6) is 0.885. The van der Waals surface area contributed by atoms with Gasteiger partial charge in [0.25, 0.3) is 0 Å². The highest BCUT2D eigenvalue weighted by Gasteiger charge is 2.16. The molecule has 1 rings (SSSR count). The number of ether oxygens (including phenoxy) is 2. The molecule has 0 fully saturated rings. The lowest BCUT2D eigenvalue weighted by atomic mass is 10.1. The van der Waals surface area contributed by atoms with Crippen molar-refractivity contribution in [3.8, 4) is 5.75 Å². The maximum atomic E-state index is 5.79. The number of nitrogens with one attached hydrogen (secondary N) is 1. The first-order valence-corrected chi connectivity index (χ1v) is 7.89. The molecule has 0 aromatic heterocycles. The zero-order valence-corrected chi connectivity index (χ0v) is 14.7. The minimum atomic E-state index is -0.142. The second-order valence-corrected chi connectivity index (χ2v) is 6.38. The summed E-state index contributed by atoms with van der Waals surface area (Å²) in [5, 5.41) is 3.41. The van der Waals surface area contributed by atoms with Gasteiger partial charge < -0.3 is 14.8 Å². The molecule has 0 spiro atoms. The Bertz CT molecular complexity index is 421. The van der Waals surface area contributed by atoms with Crippen LogP contribution in [0.25, 0.3) is 0 Å². The van der Waals surface area contributed by atoms with Crippen LogP contribution < -0.4 is 10.1 Å². The van der Waals surface area contributed by atoms with E-state index in [1.165, 1.54) is 5.56 Å². The highest BCUT2D eigenvalue weighted by atomic mass is 79.9. The van der Waals surface area contributed by atoms with Gasteiger partial charge >= 0.3 is 0 Å². The molecule has 0 aliphatic heterocycles. The van der Waals surface area contributed by atoms with Crippen molar-refractivity contribution in [2.24, 2.45) is 0 Å². The molecule has 0 aliphatic carbocycles. The molecule has 1 unspecified atom stereocenters. The zero-order valence-electron chi connectivity index (χ0n) is 13.1. The van der Waals surface area contributed by atoms with E-state index >= 15 is 0 Å². The highest BCUT2D eigenvalue weighted by molar-refractivity contribution is 9.10. The fourth-order valence-electron chi connectivity index (χ4n) is 1.88. The van der Waals surface area contributed by atoms with Gasteiger partial charge in [0.15, 0.2) is 0 Å². The summed E-state index contributed by atoms with van der Waals surface area (Å²) in [4.78, 5) is 0. The molecule has 0 amide bonds. The molecule has 3 nitrogen and oxygen atoms in total. The third-order valence-electron chi connectivity index (χ3n) is 3.47. The second-order valence-electron chi connectivity index (χ2n) is 5.52. The lowest BCUT2D eigenvalue weighted by Crippen LogP contribution is -2.25. The van der Waals surface area contributed by atoms with Crippen molar-refractivity contribution >= 4 is 15.9 Å². The van der Waals surface area contributed by atoms with Gasteiger partial charge in [0.1, 0.15) is 5.75 Å². The third kappa shape index (κ3) is 5.43. The molecule has 0 radical (unpaired) electrons. The Morgan fingerprint density at radius 3 is 2.60 bits per heavy atom. The SMILES string of the molecule is CCNC(C)c1ccc(OCCC(C)(C)OC)cc1Br. The third-order valence-corrected chi connectivity index (χ3v) is 4.16. The van der Waals surface area contributed by atoms with Gasteiger partial charge in [0.05, 0.1) is 12.2 Å². The van der Waals surface area contributed by atoms with E-state index in [9.17, 15) is 0 Å². The van der Waals surface area contributed by atoms with Gasteiger partial charge in [0.2, 0.25) is 0 Å². The van der Waals surface area contributed by atoms with Gasteiger partial charge in [-0.05, 0) is 45.0 Å². The lowest BCUT2D eigenvalue weighted by molar-refractivity contribution is 0.00545. The van der Waals surface area contributed by atoms with E-state index in [0.717, 1.165) is 23.2 Å². The number of halogens is 1. The van der Waals surface area contributed by atoms with Crippen LogP contribution in [-0.4, -0.2) is 25.9 Å². The van der Waals surface area contributed by atoms with Crippen LogP contribution in [0.1, 0.15) is 45.7 Å². The van der Waals surface area contributed by atoms with Gasteiger partial charge in [-0.15, -0.1) is 0 Å². The molecule has 0 aliphatic rings. The van der Waals surface area contributed by atoms with Crippen molar-refractivity contribution in [1.82, 2.24) is 5.32 Å². The normalized spacial score (nSPS) is 13.3. The van der Waals surface area contributed by atoms with Crippen LogP contribution in [0.3, 0.4) is 0 Å². The Labute approximate surface area is 131 Å². The molecule has 1 N–H and O–H groups in total. The van der Waals surface area contributed by atoms with Crippen LogP contribution in [0.5, 0.6) is 5.75 Å². The lowest BCUT2D eigenvalue weighted by Gasteiger charge is -2.22. The molecule has 0 saturated heterocycles. The summed E-state index contributed by atoms with van der Waals surface area (Å²) in [6.07, 6.45) is 0.858. The van der Waals surface area contributed by atoms with Gasteiger partial charge in [-0.1, -0.05) is 28.9 Å².